The fourth-order valence-electron chi connectivity index (χ4n) is 7.29. The van der Waals surface area contributed by atoms with Gasteiger partial charge in [0.25, 0.3) is 0 Å². The molecule has 2 bridgehead atoms. The van der Waals surface area contributed by atoms with Crippen LogP contribution < -0.4 is 0 Å². The number of likely N-dealkylation sites (tertiary alicyclic amines) is 1. The molecule has 218 valence electrons. The summed E-state index contributed by atoms with van der Waals surface area (Å²) < 4.78 is -0.766. The van der Waals surface area contributed by atoms with Gasteiger partial charge in [0.05, 0.1) is 29.2 Å². The highest BCUT2D eigenvalue weighted by molar-refractivity contribution is 8.02. The zero-order chi connectivity index (χ0) is 29.4. The Bertz CT molecular complexity index is 1130. The van der Waals surface area contributed by atoms with E-state index in [9.17, 15) is 19.5 Å². The lowest BCUT2D eigenvalue weighted by Crippen LogP contribution is -2.61. The summed E-state index contributed by atoms with van der Waals surface area (Å²) >= 11 is 1.67. The third kappa shape index (κ3) is 4.81. The quantitative estimate of drug-likeness (QED) is 0.404. The third-order valence-electron chi connectivity index (χ3n) is 8.94. The summed E-state index contributed by atoms with van der Waals surface area (Å²) in [4.78, 5) is 48.8. The van der Waals surface area contributed by atoms with Crippen molar-refractivity contribution in [3.63, 3.8) is 0 Å². The fourth-order valence-corrected chi connectivity index (χ4v) is 9.68. The van der Waals surface area contributed by atoms with Gasteiger partial charge in [-0.15, -0.1) is 24.9 Å². The maximum Gasteiger partial charge on any atom is 0.247 e. The standard InChI is InChI=1S/C32H45N3O4S/c1-8-16-33(17-9-2)28(37)25-24-19-21(4)32(40-24)26(25)29(38)35(23(20-36)22-14-12-11-13-15-22)27(32)30(39)34(18-10-3)31(5,6)7/h8,10-15,21,23-27,36H,1,3,9,16-20H2,2,4-7H3/t21?,23-,24-,25+,26+,27?,32?/m1/s1. The van der Waals surface area contributed by atoms with Crippen molar-refractivity contribution < 1.29 is 19.5 Å². The van der Waals surface area contributed by atoms with Gasteiger partial charge in [0.2, 0.25) is 17.7 Å². The van der Waals surface area contributed by atoms with E-state index in [-0.39, 0.29) is 35.5 Å². The van der Waals surface area contributed by atoms with Crippen molar-refractivity contribution in [3.8, 4) is 0 Å². The highest BCUT2D eigenvalue weighted by Gasteiger charge is 2.77. The molecule has 3 aliphatic heterocycles. The zero-order valence-corrected chi connectivity index (χ0v) is 25.4. The monoisotopic (exact) mass is 567 g/mol. The number of aliphatic hydroxyl groups is 1. The number of aliphatic hydroxyl groups excluding tert-OH is 1. The maximum atomic E-state index is 14.8. The Morgan fingerprint density at radius 3 is 2.38 bits per heavy atom. The summed E-state index contributed by atoms with van der Waals surface area (Å²) in [6.07, 6.45) is 5.02. The molecule has 3 heterocycles. The molecule has 0 radical (unpaired) electrons. The fraction of sp³-hybridized carbons (Fsp3) is 0.594. The van der Waals surface area contributed by atoms with Crippen LogP contribution in [0, 0.1) is 17.8 Å². The van der Waals surface area contributed by atoms with E-state index in [1.165, 1.54) is 0 Å². The van der Waals surface area contributed by atoms with Crippen LogP contribution >= 0.6 is 11.8 Å². The number of rotatable bonds is 11. The molecular weight excluding hydrogens is 522 g/mol. The van der Waals surface area contributed by atoms with Gasteiger partial charge in [-0.25, -0.2) is 0 Å². The van der Waals surface area contributed by atoms with Crippen LogP contribution in [-0.2, 0) is 14.4 Å². The van der Waals surface area contributed by atoms with Crippen LogP contribution in [0.25, 0.3) is 0 Å². The minimum absolute atomic E-state index is 0.0292. The number of amides is 3. The second kappa shape index (κ2) is 11.7. The average Bonchev–Trinajstić information content (AvgIpc) is 3.51. The molecule has 0 aliphatic carbocycles. The molecule has 1 N–H and O–H groups in total. The van der Waals surface area contributed by atoms with Crippen molar-refractivity contribution >= 4 is 29.5 Å². The van der Waals surface area contributed by atoms with Gasteiger partial charge in [0, 0.05) is 30.4 Å². The molecule has 3 unspecified atom stereocenters. The van der Waals surface area contributed by atoms with E-state index in [0.29, 0.717) is 19.6 Å². The molecule has 1 aromatic rings. The topological polar surface area (TPSA) is 81.2 Å². The predicted molar refractivity (Wildman–Crippen MR) is 161 cm³/mol. The highest BCUT2D eigenvalue weighted by atomic mass is 32.2. The van der Waals surface area contributed by atoms with Crippen LogP contribution in [0.15, 0.2) is 55.6 Å². The Morgan fingerprint density at radius 2 is 1.82 bits per heavy atom. The van der Waals surface area contributed by atoms with Crippen LogP contribution in [0.2, 0.25) is 0 Å². The number of thioether (sulfide) groups is 1. The Kier molecular flexibility index (Phi) is 8.91. The van der Waals surface area contributed by atoms with Crippen molar-refractivity contribution in [3.05, 3.63) is 61.2 Å². The van der Waals surface area contributed by atoms with Crippen LogP contribution in [0.5, 0.6) is 0 Å². The first-order chi connectivity index (χ1) is 19.0. The Balaban J connectivity index is 1.89. The third-order valence-corrected chi connectivity index (χ3v) is 11.0. The summed E-state index contributed by atoms with van der Waals surface area (Å²) in [6, 6.07) is 7.90. The van der Waals surface area contributed by atoms with Gasteiger partial charge >= 0.3 is 0 Å². The number of fused-ring (bicyclic) bond motifs is 1. The number of benzene rings is 1. The van der Waals surface area contributed by atoms with Crippen LogP contribution in [-0.4, -0.2) is 85.3 Å². The molecule has 1 spiro atoms. The van der Waals surface area contributed by atoms with E-state index in [2.05, 4.69) is 20.1 Å². The molecule has 7 nitrogen and oxygen atoms in total. The summed E-state index contributed by atoms with van der Waals surface area (Å²) in [5.74, 6) is -1.50. The first-order valence-corrected chi connectivity index (χ1v) is 15.3. The molecule has 1 aromatic carbocycles. The normalized spacial score (nSPS) is 29.7. The molecule has 8 heteroatoms. The van der Waals surface area contributed by atoms with Crippen LogP contribution in [0.1, 0.15) is 59.1 Å². The molecule has 3 amide bonds. The van der Waals surface area contributed by atoms with E-state index in [1.54, 1.807) is 33.7 Å². The maximum absolute atomic E-state index is 14.8. The van der Waals surface area contributed by atoms with Gasteiger partial charge < -0.3 is 19.8 Å². The van der Waals surface area contributed by atoms with Crippen LogP contribution in [0.4, 0.5) is 0 Å². The van der Waals surface area contributed by atoms with E-state index in [1.807, 2.05) is 62.9 Å². The number of carbonyl (C=O) groups excluding carboxylic acids is 3. The lowest BCUT2D eigenvalue weighted by atomic mass is 9.65. The SMILES string of the molecule is C=CCN(CCC)C(=O)[C@@H]1[C@H]2C(=O)N([C@H](CO)c3ccccc3)C(C(=O)N(CC=C)C(C)(C)C)C23S[C@@H]1CC3C. The van der Waals surface area contributed by atoms with E-state index >= 15 is 0 Å². The molecule has 3 saturated heterocycles. The summed E-state index contributed by atoms with van der Waals surface area (Å²) in [5, 5.41) is 10.7. The predicted octanol–water partition coefficient (Wildman–Crippen LogP) is 4.29. The largest absolute Gasteiger partial charge is 0.394 e. The van der Waals surface area contributed by atoms with Crippen molar-refractivity contribution in [2.75, 3.05) is 26.2 Å². The van der Waals surface area contributed by atoms with Gasteiger partial charge in [0.15, 0.2) is 0 Å². The summed E-state index contributed by atoms with van der Waals surface area (Å²) in [7, 11) is 0. The molecular formula is C32H45N3O4S. The number of hydrogen-bond donors (Lipinski definition) is 1. The van der Waals surface area contributed by atoms with Gasteiger partial charge in [-0.05, 0) is 45.1 Å². The number of nitrogens with zero attached hydrogens (tertiary/aromatic N) is 3. The minimum Gasteiger partial charge on any atom is -0.394 e. The van der Waals surface area contributed by atoms with Crippen molar-refractivity contribution in [1.29, 1.82) is 0 Å². The molecule has 40 heavy (non-hydrogen) atoms. The number of hydrogen-bond acceptors (Lipinski definition) is 5. The van der Waals surface area contributed by atoms with Gasteiger partial charge in [-0.3, -0.25) is 14.4 Å². The van der Waals surface area contributed by atoms with E-state index in [0.717, 1.165) is 18.4 Å². The smallest absolute Gasteiger partial charge is 0.247 e. The van der Waals surface area contributed by atoms with Crippen molar-refractivity contribution in [2.45, 2.75) is 75.1 Å². The van der Waals surface area contributed by atoms with Gasteiger partial charge in [0.1, 0.15) is 6.04 Å². The lowest BCUT2D eigenvalue weighted by molar-refractivity contribution is -0.149. The Labute approximate surface area is 243 Å². The Morgan fingerprint density at radius 1 is 1.18 bits per heavy atom. The average molecular weight is 568 g/mol. The first-order valence-electron chi connectivity index (χ1n) is 14.5. The molecule has 3 fully saturated rings. The van der Waals surface area contributed by atoms with E-state index in [4.69, 9.17) is 0 Å². The Hall–Kier alpha value is -2.58. The summed E-state index contributed by atoms with van der Waals surface area (Å²) in [5.41, 5.74) is 0.255. The van der Waals surface area contributed by atoms with Gasteiger partial charge in [-0.1, -0.05) is 56.3 Å². The molecule has 7 atom stereocenters. The van der Waals surface area contributed by atoms with Crippen LogP contribution in [0.3, 0.4) is 0 Å². The lowest BCUT2D eigenvalue weighted by Gasteiger charge is -2.45. The van der Waals surface area contributed by atoms with E-state index < -0.39 is 34.2 Å². The first kappa shape index (κ1) is 30.4. The zero-order valence-electron chi connectivity index (χ0n) is 24.6. The molecule has 3 aliphatic rings. The second-order valence-electron chi connectivity index (χ2n) is 12.4. The van der Waals surface area contributed by atoms with Crippen molar-refractivity contribution in [1.82, 2.24) is 14.7 Å². The highest BCUT2D eigenvalue weighted by Crippen LogP contribution is 2.69. The number of carbonyl (C=O) groups is 3. The van der Waals surface area contributed by atoms with Crippen molar-refractivity contribution in [2.24, 2.45) is 17.8 Å². The molecule has 4 rings (SSSR count). The minimum atomic E-state index is -0.816. The summed E-state index contributed by atoms with van der Waals surface area (Å²) in [6.45, 7) is 18.9. The molecule has 0 aromatic heterocycles. The molecule has 0 saturated carbocycles. The second-order valence-corrected chi connectivity index (χ2v) is 13.9. The van der Waals surface area contributed by atoms with Gasteiger partial charge in [-0.2, -0.15) is 0 Å².